The summed E-state index contributed by atoms with van der Waals surface area (Å²) in [5.41, 5.74) is 8.04. The van der Waals surface area contributed by atoms with E-state index in [0.717, 1.165) is 35.2 Å². The Morgan fingerprint density at radius 2 is 2.18 bits per heavy atom. The Labute approximate surface area is 106 Å². The largest absolute Gasteiger partial charge is 0.383 e. The van der Waals surface area contributed by atoms with Gasteiger partial charge in [-0.1, -0.05) is 13.8 Å². The number of thioether (sulfide) groups is 1. The molecule has 2 rings (SSSR count). The molecule has 2 heterocycles. The summed E-state index contributed by atoms with van der Waals surface area (Å²) in [6.07, 6.45) is -0.00374. The van der Waals surface area contributed by atoms with Crippen LogP contribution in [0.2, 0.25) is 0 Å². The molecule has 0 bridgehead atoms. The van der Waals surface area contributed by atoms with Crippen molar-refractivity contribution < 1.29 is 4.74 Å². The number of hydrogen-bond acceptors (Lipinski definition) is 5. The quantitative estimate of drug-likeness (QED) is 0.876. The van der Waals surface area contributed by atoms with Crippen LogP contribution in [0.15, 0.2) is 0 Å². The fourth-order valence-electron chi connectivity index (χ4n) is 2.12. The maximum Gasteiger partial charge on any atom is 0.160 e. The molecule has 5 heteroatoms. The van der Waals surface area contributed by atoms with E-state index in [1.54, 1.807) is 0 Å². The van der Waals surface area contributed by atoms with Crippen LogP contribution >= 0.6 is 11.8 Å². The van der Waals surface area contributed by atoms with Crippen LogP contribution in [-0.4, -0.2) is 28.1 Å². The number of nitrogens with zero attached hydrogens (tertiary/aromatic N) is 2. The molecule has 0 aliphatic carbocycles. The van der Waals surface area contributed by atoms with Crippen molar-refractivity contribution in [1.82, 2.24) is 9.97 Å². The Kier molecular flexibility index (Phi) is 3.89. The van der Waals surface area contributed by atoms with E-state index in [4.69, 9.17) is 10.5 Å². The second-order valence-corrected chi connectivity index (χ2v) is 5.71. The minimum absolute atomic E-state index is 0.00374. The smallest absolute Gasteiger partial charge is 0.160 e. The first-order valence-corrected chi connectivity index (χ1v) is 7.08. The fraction of sp³-hybridized carbons (Fsp3) is 0.667. The number of anilines is 1. The van der Waals surface area contributed by atoms with Gasteiger partial charge in [0.15, 0.2) is 5.82 Å². The van der Waals surface area contributed by atoms with Crippen LogP contribution in [0.4, 0.5) is 5.82 Å². The van der Waals surface area contributed by atoms with Crippen LogP contribution in [0.25, 0.3) is 0 Å². The number of aryl methyl sites for hydroxylation is 1. The van der Waals surface area contributed by atoms with Gasteiger partial charge in [-0.3, -0.25) is 0 Å². The van der Waals surface area contributed by atoms with Crippen molar-refractivity contribution in [2.75, 3.05) is 23.8 Å². The molecule has 0 radical (unpaired) electrons. The number of ether oxygens (including phenoxy) is 1. The van der Waals surface area contributed by atoms with Gasteiger partial charge in [0.1, 0.15) is 11.9 Å². The van der Waals surface area contributed by atoms with Crippen molar-refractivity contribution in [3.8, 4) is 0 Å². The van der Waals surface area contributed by atoms with Crippen LogP contribution in [0.3, 0.4) is 0 Å². The number of rotatable bonds is 2. The summed E-state index contributed by atoms with van der Waals surface area (Å²) in [6, 6.07) is 0. The summed E-state index contributed by atoms with van der Waals surface area (Å²) < 4.78 is 5.67. The molecule has 94 valence electrons. The van der Waals surface area contributed by atoms with Crippen molar-refractivity contribution in [3.63, 3.8) is 0 Å². The van der Waals surface area contributed by atoms with E-state index in [9.17, 15) is 0 Å². The molecule has 1 atom stereocenters. The SMILES string of the molecule is Cc1nc(C2CSCCO2)nc(N)c1C(C)C. The molecule has 1 aromatic rings. The van der Waals surface area contributed by atoms with Crippen LogP contribution < -0.4 is 5.73 Å². The molecule has 1 unspecified atom stereocenters. The number of aromatic nitrogens is 2. The molecule has 4 nitrogen and oxygen atoms in total. The molecule has 0 saturated carbocycles. The van der Waals surface area contributed by atoms with Crippen molar-refractivity contribution >= 4 is 17.6 Å². The van der Waals surface area contributed by atoms with Crippen molar-refractivity contribution in [2.24, 2.45) is 0 Å². The highest BCUT2D eigenvalue weighted by Gasteiger charge is 2.22. The molecule has 0 aromatic carbocycles. The summed E-state index contributed by atoms with van der Waals surface area (Å²) in [4.78, 5) is 8.96. The molecule has 1 saturated heterocycles. The van der Waals surface area contributed by atoms with Gasteiger partial charge in [0, 0.05) is 22.8 Å². The van der Waals surface area contributed by atoms with Gasteiger partial charge in [0.05, 0.1) is 6.61 Å². The first-order chi connectivity index (χ1) is 8.09. The van der Waals surface area contributed by atoms with Gasteiger partial charge in [-0.25, -0.2) is 9.97 Å². The van der Waals surface area contributed by atoms with E-state index in [1.165, 1.54) is 0 Å². The minimum Gasteiger partial charge on any atom is -0.383 e. The average Bonchev–Trinajstić information content (AvgIpc) is 2.28. The summed E-state index contributed by atoms with van der Waals surface area (Å²) in [7, 11) is 0. The van der Waals surface area contributed by atoms with Crippen molar-refractivity contribution in [1.29, 1.82) is 0 Å². The second kappa shape index (κ2) is 5.23. The van der Waals surface area contributed by atoms with Gasteiger partial charge in [-0.05, 0) is 12.8 Å². The Morgan fingerprint density at radius 3 is 2.71 bits per heavy atom. The lowest BCUT2D eigenvalue weighted by molar-refractivity contribution is 0.0694. The molecule has 1 aliphatic rings. The number of nitrogens with two attached hydrogens (primary N) is 1. The summed E-state index contributed by atoms with van der Waals surface area (Å²) in [5, 5.41) is 0. The summed E-state index contributed by atoms with van der Waals surface area (Å²) in [5.74, 6) is 3.65. The Balaban J connectivity index is 2.31. The third-order valence-corrected chi connectivity index (χ3v) is 3.86. The van der Waals surface area contributed by atoms with Crippen LogP contribution in [0.5, 0.6) is 0 Å². The maximum absolute atomic E-state index is 6.02. The third-order valence-electron chi connectivity index (χ3n) is 2.86. The molecule has 0 spiro atoms. The number of hydrogen-bond donors (Lipinski definition) is 1. The zero-order chi connectivity index (χ0) is 12.4. The average molecular weight is 253 g/mol. The predicted molar refractivity (Wildman–Crippen MR) is 71.3 cm³/mol. The van der Waals surface area contributed by atoms with E-state index < -0.39 is 0 Å². The van der Waals surface area contributed by atoms with E-state index in [1.807, 2.05) is 18.7 Å². The lowest BCUT2D eigenvalue weighted by atomic mass is 10.0. The fourth-order valence-corrected chi connectivity index (χ4v) is 2.96. The van der Waals surface area contributed by atoms with E-state index in [-0.39, 0.29) is 6.10 Å². The third kappa shape index (κ3) is 2.72. The highest BCUT2D eigenvalue weighted by molar-refractivity contribution is 7.99. The minimum atomic E-state index is -0.00374. The maximum atomic E-state index is 6.02. The lowest BCUT2D eigenvalue weighted by Crippen LogP contribution is -2.20. The molecular formula is C12H19N3OS. The zero-order valence-electron chi connectivity index (χ0n) is 10.6. The van der Waals surface area contributed by atoms with Gasteiger partial charge in [-0.15, -0.1) is 0 Å². The molecule has 0 amide bonds. The van der Waals surface area contributed by atoms with Crippen molar-refractivity contribution in [3.05, 3.63) is 17.1 Å². The first-order valence-electron chi connectivity index (χ1n) is 5.93. The van der Waals surface area contributed by atoms with Gasteiger partial charge >= 0.3 is 0 Å². The Hall–Kier alpha value is -0.810. The normalized spacial score (nSPS) is 20.8. The highest BCUT2D eigenvalue weighted by Crippen LogP contribution is 2.28. The standard InChI is InChI=1S/C12H19N3OS/c1-7(2)10-8(3)14-12(15-11(10)13)9-6-17-5-4-16-9/h7,9H,4-6H2,1-3H3,(H2,13,14,15). The van der Waals surface area contributed by atoms with Gasteiger partial charge in [-0.2, -0.15) is 11.8 Å². The number of nitrogen functional groups attached to an aromatic ring is 1. The van der Waals surface area contributed by atoms with Crippen LogP contribution in [0.1, 0.15) is 43.0 Å². The summed E-state index contributed by atoms with van der Waals surface area (Å²) in [6.45, 7) is 6.97. The molecular weight excluding hydrogens is 234 g/mol. The molecule has 1 aromatic heterocycles. The highest BCUT2D eigenvalue weighted by atomic mass is 32.2. The van der Waals surface area contributed by atoms with Crippen LogP contribution in [0, 0.1) is 6.92 Å². The Morgan fingerprint density at radius 1 is 1.41 bits per heavy atom. The van der Waals surface area contributed by atoms with Crippen molar-refractivity contribution in [2.45, 2.75) is 32.8 Å². The molecule has 1 fully saturated rings. The Bertz CT molecular complexity index is 380. The molecule has 2 N–H and O–H groups in total. The summed E-state index contributed by atoms with van der Waals surface area (Å²) >= 11 is 1.87. The molecule has 1 aliphatic heterocycles. The van der Waals surface area contributed by atoms with Gasteiger partial charge < -0.3 is 10.5 Å². The molecule has 17 heavy (non-hydrogen) atoms. The van der Waals surface area contributed by atoms with Crippen LogP contribution in [-0.2, 0) is 4.74 Å². The predicted octanol–water partition coefficient (Wildman–Crippen LogP) is 2.30. The van der Waals surface area contributed by atoms with E-state index >= 15 is 0 Å². The first kappa shape index (κ1) is 12.6. The topological polar surface area (TPSA) is 61.0 Å². The monoisotopic (exact) mass is 253 g/mol. The second-order valence-electron chi connectivity index (χ2n) is 4.56. The van der Waals surface area contributed by atoms with E-state index in [2.05, 4.69) is 23.8 Å². The zero-order valence-corrected chi connectivity index (χ0v) is 11.4. The van der Waals surface area contributed by atoms with E-state index in [0.29, 0.717) is 11.7 Å². The van der Waals surface area contributed by atoms with Gasteiger partial charge in [0.2, 0.25) is 0 Å². The lowest BCUT2D eigenvalue weighted by Gasteiger charge is -2.22. The van der Waals surface area contributed by atoms with Gasteiger partial charge in [0.25, 0.3) is 0 Å².